The first-order valence-electron chi connectivity index (χ1n) is 12.1. The van der Waals surface area contributed by atoms with Crippen LogP contribution in [0.5, 0.6) is 0 Å². The standard InChI is InChI=1S/C28H27BrN4O3/c1-32(28(35)36-23-6-2-3-7-23)22-15-11-19(12-16-22)25-18-26(24-8-4-5-17-30-24)33(31-25)27(34)20-9-13-21(29)14-10-20/h4-5,8-17,23,26H,2-3,6-7,18H2,1H3. The molecule has 36 heavy (non-hydrogen) atoms. The summed E-state index contributed by atoms with van der Waals surface area (Å²) in [6, 6.07) is 20.2. The average molecular weight is 547 g/mol. The Balaban J connectivity index is 1.37. The van der Waals surface area contributed by atoms with E-state index < -0.39 is 0 Å². The van der Waals surface area contributed by atoms with Crippen molar-refractivity contribution in [2.75, 3.05) is 11.9 Å². The average Bonchev–Trinajstić information content (AvgIpc) is 3.59. The third kappa shape index (κ3) is 5.18. The lowest BCUT2D eigenvalue weighted by Gasteiger charge is -2.21. The van der Waals surface area contributed by atoms with Gasteiger partial charge in [-0.3, -0.25) is 14.7 Å². The number of hydrazone groups is 1. The Labute approximate surface area is 218 Å². The van der Waals surface area contributed by atoms with E-state index in [1.165, 1.54) is 9.91 Å². The van der Waals surface area contributed by atoms with Crippen LogP contribution in [0.2, 0.25) is 0 Å². The third-order valence-electron chi connectivity index (χ3n) is 6.67. The molecular formula is C28H27BrN4O3. The maximum atomic E-state index is 13.4. The molecule has 7 nitrogen and oxygen atoms in total. The van der Waals surface area contributed by atoms with Crippen LogP contribution in [0.25, 0.3) is 0 Å². The number of halogens is 1. The van der Waals surface area contributed by atoms with Gasteiger partial charge < -0.3 is 4.74 Å². The summed E-state index contributed by atoms with van der Waals surface area (Å²) < 4.78 is 6.53. The molecule has 1 saturated carbocycles. The zero-order valence-corrected chi connectivity index (χ0v) is 21.6. The maximum absolute atomic E-state index is 13.4. The fraction of sp³-hybridized carbons (Fsp3) is 0.286. The quantitative estimate of drug-likeness (QED) is 0.373. The lowest BCUT2D eigenvalue weighted by Crippen LogP contribution is -2.30. The minimum atomic E-state index is -0.339. The molecule has 2 aromatic carbocycles. The van der Waals surface area contributed by atoms with E-state index in [4.69, 9.17) is 9.84 Å². The van der Waals surface area contributed by atoms with Crippen LogP contribution in [0.3, 0.4) is 0 Å². The maximum Gasteiger partial charge on any atom is 0.414 e. The van der Waals surface area contributed by atoms with Gasteiger partial charge in [-0.05, 0) is 79.8 Å². The molecule has 1 aromatic heterocycles. The molecule has 184 valence electrons. The van der Waals surface area contributed by atoms with Crippen molar-refractivity contribution >= 4 is 39.3 Å². The number of amides is 2. The lowest BCUT2D eigenvalue weighted by atomic mass is 10.0. The Morgan fingerprint density at radius 1 is 1.00 bits per heavy atom. The van der Waals surface area contributed by atoms with E-state index in [0.29, 0.717) is 12.0 Å². The highest BCUT2D eigenvalue weighted by atomic mass is 79.9. The van der Waals surface area contributed by atoms with Gasteiger partial charge in [0.25, 0.3) is 5.91 Å². The summed E-state index contributed by atoms with van der Waals surface area (Å²) in [5.74, 6) is -0.181. The van der Waals surface area contributed by atoms with Crippen LogP contribution in [0.1, 0.15) is 59.8 Å². The van der Waals surface area contributed by atoms with Crippen molar-refractivity contribution in [2.24, 2.45) is 5.10 Å². The highest BCUT2D eigenvalue weighted by Crippen LogP contribution is 2.33. The van der Waals surface area contributed by atoms with E-state index in [1.807, 2.05) is 54.6 Å². The van der Waals surface area contributed by atoms with Crippen molar-refractivity contribution in [1.82, 2.24) is 9.99 Å². The number of hydrogen-bond donors (Lipinski definition) is 0. The molecule has 1 aliphatic heterocycles. The number of nitrogens with zero attached hydrogens (tertiary/aromatic N) is 4. The lowest BCUT2D eigenvalue weighted by molar-refractivity contribution is 0.0708. The van der Waals surface area contributed by atoms with Crippen molar-refractivity contribution in [3.05, 3.63) is 94.2 Å². The zero-order valence-electron chi connectivity index (χ0n) is 20.0. The third-order valence-corrected chi connectivity index (χ3v) is 7.20. The number of hydrogen-bond acceptors (Lipinski definition) is 5. The van der Waals surface area contributed by atoms with Crippen LogP contribution in [-0.2, 0) is 4.74 Å². The molecule has 1 fully saturated rings. The number of rotatable bonds is 5. The molecule has 0 bridgehead atoms. The smallest absolute Gasteiger partial charge is 0.414 e. The predicted octanol–water partition coefficient (Wildman–Crippen LogP) is 6.35. The number of carbonyl (C=O) groups is 2. The summed E-state index contributed by atoms with van der Waals surface area (Å²) in [4.78, 5) is 32.0. The fourth-order valence-corrected chi connectivity index (χ4v) is 4.88. The van der Waals surface area contributed by atoms with Crippen molar-refractivity contribution in [3.8, 4) is 0 Å². The van der Waals surface area contributed by atoms with Crippen LogP contribution in [-0.4, -0.2) is 40.9 Å². The first-order chi connectivity index (χ1) is 17.5. The van der Waals surface area contributed by atoms with E-state index in [9.17, 15) is 9.59 Å². The van der Waals surface area contributed by atoms with Crippen molar-refractivity contribution in [3.63, 3.8) is 0 Å². The van der Waals surface area contributed by atoms with Crippen LogP contribution < -0.4 is 4.90 Å². The molecule has 0 saturated heterocycles. The summed E-state index contributed by atoms with van der Waals surface area (Å²) in [5, 5.41) is 6.26. The highest BCUT2D eigenvalue weighted by molar-refractivity contribution is 9.10. The Bertz CT molecular complexity index is 1260. The second-order valence-corrected chi connectivity index (χ2v) is 9.99. The minimum absolute atomic E-state index is 0.0184. The van der Waals surface area contributed by atoms with Crippen LogP contribution in [0, 0.1) is 0 Å². The molecule has 3 aromatic rings. The van der Waals surface area contributed by atoms with E-state index >= 15 is 0 Å². The SMILES string of the molecule is CN(C(=O)OC1CCCC1)c1ccc(C2=NN(C(=O)c3ccc(Br)cc3)C(c3ccccn3)C2)cc1. The topological polar surface area (TPSA) is 75.1 Å². The summed E-state index contributed by atoms with van der Waals surface area (Å²) in [7, 11) is 1.72. The van der Waals surface area contributed by atoms with E-state index in [1.54, 1.807) is 25.4 Å². The van der Waals surface area contributed by atoms with Crippen molar-refractivity contribution < 1.29 is 14.3 Å². The Morgan fingerprint density at radius 3 is 2.39 bits per heavy atom. The summed E-state index contributed by atoms with van der Waals surface area (Å²) >= 11 is 3.42. The molecule has 5 rings (SSSR count). The van der Waals surface area contributed by atoms with Gasteiger partial charge in [0.2, 0.25) is 0 Å². The zero-order chi connectivity index (χ0) is 25.1. The van der Waals surface area contributed by atoms with Crippen molar-refractivity contribution in [1.29, 1.82) is 0 Å². The predicted molar refractivity (Wildman–Crippen MR) is 142 cm³/mol. The second-order valence-electron chi connectivity index (χ2n) is 9.07. The van der Waals surface area contributed by atoms with Gasteiger partial charge in [0.15, 0.2) is 0 Å². The highest BCUT2D eigenvalue weighted by Gasteiger charge is 2.34. The summed E-state index contributed by atoms with van der Waals surface area (Å²) in [6.45, 7) is 0. The van der Waals surface area contributed by atoms with Gasteiger partial charge in [-0.15, -0.1) is 0 Å². The van der Waals surface area contributed by atoms with E-state index in [0.717, 1.165) is 52.8 Å². The van der Waals surface area contributed by atoms with E-state index in [-0.39, 0.29) is 24.1 Å². The molecular weight excluding hydrogens is 520 g/mol. The molecule has 2 aliphatic rings. The van der Waals surface area contributed by atoms with Gasteiger partial charge in [-0.1, -0.05) is 34.1 Å². The summed E-state index contributed by atoms with van der Waals surface area (Å²) in [6.07, 6.45) is 6.04. The van der Waals surface area contributed by atoms with Gasteiger partial charge in [-0.2, -0.15) is 5.10 Å². The second kappa shape index (κ2) is 10.6. The molecule has 1 unspecified atom stereocenters. The van der Waals surface area contributed by atoms with Gasteiger partial charge in [0, 0.05) is 35.4 Å². The van der Waals surface area contributed by atoms with Crippen LogP contribution in [0.15, 0.2) is 82.5 Å². The molecule has 2 amide bonds. The first kappa shape index (κ1) is 24.2. The number of benzene rings is 2. The fourth-order valence-electron chi connectivity index (χ4n) is 4.61. The Morgan fingerprint density at radius 2 is 1.72 bits per heavy atom. The number of ether oxygens (including phenoxy) is 1. The molecule has 0 N–H and O–H groups in total. The largest absolute Gasteiger partial charge is 0.446 e. The van der Waals surface area contributed by atoms with Crippen LogP contribution >= 0.6 is 15.9 Å². The first-order valence-corrected chi connectivity index (χ1v) is 12.9. The molecule has 8 heteroatoms. The number of pyridine rings is 1. The molecule has 1 atom stereocenters. The normalized spacial score (nSPS) is 17.7. The molecule has 2 heterocycles. The molecule has 1 aliphatic carbocycles. The number of anilines is 1. The molecule has 0 spiro atoms. The Kier molecular flexibility index (Phi) is 7.13. The Hall–Kier alpha value is -3.52. The minimum Gasteiger partial charge on any atom is -0.446 e. The number of carbonyl (C=O) groups excluding carboxylic acids is 2. The van der Waals surface area contributed by atoms with Gasteiger partial charge >= 0.3 is 6.09 Å². The van der Waals surface area contributed by atoms with E-state index in [2.05, 4.69) is 20.9 Å². The van der Waals surface area contributed by atoms with Gasteiger partial charge in [0.05, 0.1) is 11.4 Å². The molecule has 0 radical (unpaired) electrons. The summed E-state index contributed by atoms with van der Waals surface area (Å²) in [5.41, 5.74) is 3.77. The van der Waals surface area contributed by atoms with Crippen LogP contribution in [0.4, 0.5) is 10.5 Å². The monoisotopic (exact) mass is 546 g/mol. The number of aromatic nitrogens is 1. The van der Waals surface area contributed by atoms with Gasteiger partial charge in [0.1, 0.15) is 12.1 Å². The van der Waals surface area contributed by atoms with Gasteiger partial charge in [-0.25, -0.2) is 9.80 Å². The van der Waals surface area contributed by atoms with Crippen molar-refractivity contribution in [2.45, 2.75) is 44.2 Å².